The first kappa shape index (κ1) is 12.0. The van der Waals surface area contributed by atoms with Crippen molar-refractivity contribution in [2.24, 2.45) is 0 Å². The molecule has 11 aromatic rings. The van der Waals surface area contributed by atoms with Crippen molar-refractivity contribution in [3.05, 3.63) is 181 Å². The zero-order valence-electron chi connectivity index (χ0n) is 54.5. The second-order valence-electron chi connectivity index (χ2n) is 11.3. The number of fused-ring (bicyclic) bond motifs is 9. The maximum atomic E-state index is 10.2. The van der Waals surface area contributed by atoms with Gasteiger partial charge in [0.1, 0.15) is 11.2 Å². The molecule has 0 fully saturated rings. The van der Waals surface area contributed by atoms with E-state index in [2.05, 4.69) is 0 Å². The molecule has 0 N–H and O–H groups in total. The van der Waals surface area contributed by atoms with E-state index >= 15 is 0 Å². The number of rotatable bonds is 3. The molecule has 10 aromatic carbocycles. The minimum atomic E-state index is -1.08. The first-order chi connectivity index (χ1) is 37.4. The Morgan fingerprint density at radius 1 is 0.333 bits per heavy atom. The maximum Gasteiger partial charge on any atom is 0.143 e. The molecule has 0 saturated carbocycles. The van der Waals surface area contributed by atoms with E-state index in [0.29, 0.717) is 0 Å². The summed E-state index contributed by atoms with van der Waals surface area (Å²) in [6, 6.07) is -26.1. The van der Waals surface area contributed by atoms with Crippen LogP contribution in [0.1, 0.15) is 39.8 Å². The van der Waals surface area contributed by atoms with Crippen molar-refractivity contribution in [3.8, 4) is 33.4 Å². The highest BCUT2D eigenvalue weighted by Gasteiger charge is 2.22. The standard InChI is InChI=1S/C50H30O/c1-2-16-34-30-45(44(29-33(34)15-1)42-25-12-26-43-49-36-19-6-4-14-32(36)27-28-46(49)51-50(42)43)48-40-22-9-7-20-38(40)47(39-21-8-10-23-41(39)48)37-24-11-17-31-13-3-5-18-35(31)37/h1-30H/i1D,2D,3D,4D,5D,6D,7D,8D,9D,10D,11D,12D,13D,15D,16D,17D,18D,19D,20D,21D,22D,23D,24D,25D,26D,27D,28D,29D,30D. The molecule has 0 bridgehead atoms. The van der Waals surface area contributed by atoms with Crippen molar-refractivity contribution in [1.29, 1.82) is 0 Å². The Hall–Kier alpha value is -6.70. The van der Waals surface area contributed by atoms with Gasteiger partial charge in [-0.25, -0.2) is 0 Å². The van der Waals surface area contributed by atoms with Crippen molar-refractivity contribution in [3.63, 3.8) is 0 Å². The molecule has 0 spiro atoms. The van der Waals surface area contributed by atoms with Crippen LogP contribution in [0.4, 0.5) is 0 Å². The Kier molecular flexibility index (Phi) is 2.56. The Morgan fingerprint density at radius 3 is 1.57 bits per heavy atom. The van der Waals surface area contributed by atoms with Crippen LogP contribution >= 0.6 is 0 Å². The van der Waals surface area contributed by atoms with E-state index in [1.54, 1.807) is 0 Å². The van der Waals surface area contributed by atoms with Crippen molar-refractivity contribution < 1.29 is 44.2 Å². The Bertz CT molecular complexity index is 4780. The lowest BCUT2D eigenvalue weighted by Gasteiger charge is -2.21. The molecule has 0 unspecified atom stereocenters. The van der Waals surface area contributed by atoms with Gasteiger partial charge >= 0.3 is 0 Å². The SMILES string of the molecule is [2H]c1cc2c([2H])c([2H])c3oc4c(-c5c(-c6c7c([2H])c([2H])c([2H])c([2H])c7c(-c7c([2H])c([2H])c([2H])c8c([2H])c([2H])c([2H])c([2H])c78)c7c([2H])c([2H])c([2H])c([2H])c67)c([2H])c6c([2H])c([2H])c([2H])c([2H])c6c5[2H])c([2H])c([2H])c([2H])c4c3c2c([2H])c1[2H]. The third-order valence-electron chi connectivity index (χ3n) is 8.69. The van der Waals surface area contributed by atoms with Crippen LogP contribution < -0.4 is 0 Å². The molecule has 0 radical (unpaired) electrons. The molecule has 0 saturated heterocycles. The number of hydrogen-bond acceptors (Lipinski definition) is 1. The number of para-hydroxylation sites is 1. The van der Waals surface area contributed by atoms with Crippen molar-refractivity contribution in [1.82, 2.24) is 0 Å². The number of hydrogen-bond donors (Lipinski definition) is 0. The fourth-order valence-corrected chi connectivity index (χ4v) is 6.58. The van der Waals surface area contributed by atoms with E-state index in [-0.39, 0.29) is 16.2 Å². The highest BCUT2D eigenvalue weighted by molar-refractivity contribution is 6.26. The van der Waals surface area contributed by atoms with E-state index in [0.717, 1.165) is 6.07 Å². The Labute approximate surface area is 335 Å². The van der Waals surface area contributed by atoms with E-state index in [1.807, 2.05) is 0 Å². The lowest BCUT2D eigenvalue weighted by Crippen LogP contribution is -1.94. The average Bonchev–Trinajstić information content (AvgIpc) is 4.00. The minimum Gasteiger partial charge on any atom is -0.455 e. The van der Waals surface area contributed by atoms with Crippen LogP contribution in [0.2, 0.25) is 0 Å². The van der Waals surface area contributed by atoms with Gasteiger partial charge in [-0.15, -0.1) is 0 Å². The molecule has 11 rings (SSSR count). The van der Waals surface area contributed by atoms with E-state index in [1.165, 1.54) is 0 Å². The van der Waals surface area contributed by atoms with Crippen molar-refractivity contribution >= 4 is 75.8 Å². The highest BCUT2D eigenvalue weighted by atomic mass is 16.3. The summed E-state index contributed by atoms with van der Waals surface area (Å²) < 4.78 is 272. The van der Waals surface area contributed by atoms with Crippen LogP contribution in [0.5, 0.6) is 0 Å². The second kappa shape index (κ2) is 10.9. The summed E-state index contributed by atoms with van der Waals surface area (Å²) in [6.07, 6.45) is 0. The smallest absolute Gasteiger partial charge is 0.143 e. The van der Waals surface area contributed by atoms with Gasteiger partial charge in [0.2, 0.25) is 0 Å². The van der Waals surface area contributed by atoms with Gasteiger partial charge < -0.3 is 4.42 Å². The zero-order chi connectivity index (χ0) is 58.7. The summed E-state index contributed by atoms with van der Waals surface area (Å²) in [4.78, 5) is 0. The van der Waals surface area contributed by atoms with Gasteiger partial charge in [-0.1, -0.05) is 163 Å². The first-order valence-corrected chi connectivity index (χ1v) is 15.2. The largest absolute Gasteiger partial charge is 0.455 e. The van der Waals surface area contributed by atoms with Crippen LogP contribution in [0.15, 0.2) is 186 Å². The lowest BCUT2D eigenvalue weighted by atomic mass is 9.82. The minimum absolute atomic E-state index is 0.244. The molecule has 1 heteroatoms. The van der Waals surface area contributed by atoms with Crippen LogP contribution in [-0.4, -0.2) is 0 Å². The molecule has 0 aliphatic carbocycles. The average molecular weight is 676 g/mol. The Morgan fingerprint density at radius 2 is 0.843 bits per heavy atom. The molecule has 236 valence electrons. The van der Waals surface area contributed by atoms with E-state index in [9.17, 15) is 15.1 Å². The summed E-state index contributed by atoms with van der Waals surface area (Å²) in [5.74, 6) is 0. The molecular weight excluding hydrogens is 617 g/mol. The fraction of sp³-hybridized carbons (Fsp3) is 0. The van der Waals surface area contributed by atoms with Crippen molar-refractivity contribution in [2.45, 2.75) is 0 Å². The van der Waals surface area contributed by atoms with Crippen LogP contribution in [0.3, 0.4) is 0 Å². The normalized spacial score (nSPS) is 19.9. The van der Waals surface area contributed by atoms with E-state index < -0.39 is 268 Å². The number of furan rings is 1. The predicted octanol–water partition coefficient (Wildman–Crippen LogP) is 14.4. The molecule has 0 aliphatic rings. The topological polar surface area (TPSA) is 13.1 Å². The fourth-order valence-electron chi connectivity index (χ4n) is 6.58. The predicted molar refractivity (Wildman–Crippen MR) is 218 cm³/mol. The third-order valence-corrected chi connectivity index (χ3v) is 8.69. The summed E-state index contributed by atoms with van der Waals surface area (Å²) in [5, 5.41) is -7.61. The van der Waals surface area contributed by atoms with Gasteiger partial charge in [-0.05, 0) is 99.8 Å². The van der Waals surface area contributed by atoms with E-state index in [4.69, 9.17) is 29.1 Å². The van der Waals surface area contributed by atoms with Crippen LogP contribution in [-0.2, 0) is 0 Å². The summed E-state index contributed by atoms with van der Waals surface area (Å²) >= 11 is 0. The number of benzene rings is 10. The highest BCUT2D eigenvalue weighted by Crippen LogP contribution is 2.49. The molecular formula is C50H30O. The van der Waals surface area contributed by atoms with Gasteiger partial charge in [0.25, 0.3) is 0 Å². The molecule has 0 atom stereocenters. The van der Waals surface area contributed by atoms with Gasteiger partial charge in [0, 0.05) is 16.3 Å². The first-order valence-electron chi connectivity index (χ1n) is 29.7. The summed E-state index contributed by atoms with van der Waals surface area (Å²) in [6.45, 7) is 0. The molecule has 0 amide bonds. The monoisotopic (exact) mass is 675 g/mol. The molecule has 51 heavy (non-hydrogen) atoms. The van der Waals surface area contributed by atoms with Gasteiger partial charge in [0.05, 0.1) is 39.8 Å². The van der Waals surface area contributed by atoms with Crippen LogP contribution in [0, 0.1) is 0 Å². The molecule has 1 aromatic heterocycles. The second-order valence-corrected chi connectivity index (χ2v) is 11.3. The van der Waals surface area contributed by atoms with Gasteiger partial charge in [-0.2, -0.15) is 0 Å². The molecule has 1 nitrogen and oxygen atoms in total. The molecule has 1 heterocycles. The van der Waals surface area contributed by atoms with Crippen LogP contribution in [0.25, 0.3) is 109 Å². The van der Waals surface area contributed by atoms with Crippen molar-refractivity contribution in [2.75, 3.05) is 0 Å². The molecule has 0 aliphatic heterocycles. The summed E-state index contributed by atoms with van der Waals surface area (Å²) in [7, 11) is 0. The maximum absolute atomic E-state index is 10.2. The lowest BCUT2D eigenvalue weighted by molar-refractivity contribution is 0.670. The third kappa shape index (κ3) is 4.16. The van der Waals surface area contributed by atoms with Gasteiger partial charge in [-0.3, -0.25) is 0 Å². The van der Waals surface area contributed by atoms with Gasteiger partial charge in [0.15, 0.2) is 0 Å². The summed E-state index contributed by atoms with van der Waals surface area (Å²) in [5.41, 5.74) is -6.27. The Balaban J connectivity index is 1.53. The quantitative estimate of drug-likeness (QED) is 0.170. The zero-order valence-corrected chi connectivity index (χ0v) is 25.5.